The molecule has 8 heteroatoms. The van der Waals surface area contributed by atoms with Crippen LogP contribution in [0.5, 0.6) is 0 Å². The molecule has 1 aliphatic carbocycles. The van der Waals surface area contributed by atoms with Gasteiger partial charge in [-0.1, -0.05) is 0 Å². The van der Waals surface area contributed by atoms with Crippen LogP contribution in [0.15, 0.2) is 41.2 Å². The lowest BCUT2D eigenvalue weighted by Gasteiger charge is -2.13. The highest BCUT2D eigenvalue weighted by molar-refractivity contribution is 5.94. The van der Waals surface area contributed by atoms with E-state index in [2.05, 4.69) is 20.6 Å². The van der Waals surface area contributed by atoms with Gasteiger partial charge < -0.3 is 15.4 Å². The van der Waals surface area contributed by atoms with Crippen molar-refractivity contribution in [3.63, 3.8) is 0 Å². The normalized spacial score (nSPS) is 13.4. The summed E-state index contributed by atoms with van der Waals surface area (Å²) in [5.74, 6) is 0.346. The van der Waals surface area contributed by atoms with Crippen LogP contribution in [0.4, 0.5) is 5.95 Å². The number of anilines is 1. The number of fused-ring (bicyclic) bond motifs is 1. The van der Waals surface area contributed by atoms with Gasteiger partial charge in [0.2, 0.25) is 5.95 Å². The summed E-state index contributed by atoms with van der Waals surface area (Å²) < 4.78 is 6.58. The van der Waals surface area contributed by atoms with E-state index in [1.165, 1.54) is 10.6 Å². The van der Waals surface area contributed by atoms with E-state index in [0.717, 1.165) is 23.9 Å². The molecule has 0 spiro atoms. The van der Waals surface area contributed by atoms with Gasteiger partial charge in [-0.25, -0.2) is 4.98 Å². The number of hydrogen-bond donors (Lipinski definition) is 2. The molecule has 4 rings (SSSR count). The fourth-order valence-corrected chi connectivity index (χ4v) is 3.12. The average Bonchev–Trinajstić information content (AvgIpc) is 3.52. The Morgan fingerprint density at radius 3 is 2.62 bits per heavy atom. The molecule has 2 N–H and O–H groups in total. The molecule has 3 aromatic rings. The zero-order valence-corrected chi connectivity index (χ0v) is 16.4. The maximum atomic E-state index is 12.7. The highest BCUT2D eigenvalue weighted by Gasteiger charge is 2.23. The Hall–Kier alpha value is -3.26. The molecule has 0 saturated heterocycles. The van der Waals surface area contributed by atoms with E-state index in [-0.39, 0.29) is 11.5 Å². The van der Waals surface area contributed by atoms with Crippen LogP contribution in [0, 0.1) is 6.92 Å². The van der Waals surface area contributed by atoms with Crippen molar-refractivity contribution in [3.8, 4) is 5.69 Å². The van der Waals surface area contributed by atoms with Crippen molar-refractivity contribution in [3.05, 3.63) is 58.0 Å². The summed E-state index contributed by atoms with van der Waals surface area (Å²) in [6, 6.07) is 10.5. The molecule has 1 aromatic carbocycles. The number of rotatable bonds is 7. The van der Waals surface area contributed by atoms with Crippen molar-refractivity contribution in [2.45, 2.75) is 25.8 Å². The first-order valence-corrected chi connectivity index (χ1v) is 9.61. The number of aryl methyl sites for hydroxylation is 1. The molecule has 0 radical (unpaired) electrons. The number of ether oxygens (including phenoxy) is 1. The van der Waals surface area contributed by atoms with Gasteiger partial charge in [0, 0.05) is 36.7 Å². The number of nitrogens with one attached hydrogen (secondary N) is 2. The zero-order valence-electron chi connectivity index (χ0n) is 16.4. The van der Waals surface area contributed by atoms with Crippen molar-refractivity contribution >= 4 is 22.9 Å². The number of methoxy groups -OCH3 is 1. The summed E-state index contributed by atoms with van der Waals surface area (Å²) in [5.41, 5.74) is 2.30. The van der Waals surface area contributed by atoms with E-state index in [4.69, 9.17) is 4.74 Å². The number of pyridine rings is 1. The first-order valence-electron chi connectivity index (χ1n) is 9.61. The summed E-state index contributed by atoms with van der Waals surface area (Å²) >= 11 is 0. The molecule has 29 heavy (non-hydrogen) atoms. The van der Waals surface area contributed by atoms with Gasteiger partial charge in [-0.15, -0.1) is 0 Å². The fourth-order valence-electron chi connectivity index (χ4n) is 3.12. The minimum absolute atomic E-state index is 0.0906. The lowest BCUT2D eigenvalue weighted by atomic mass is 10.1. The van der Waals surface area contributed by atoms with E-state index in [0.29, 0.717) is 42.0 Å². The first-order chi connectivity index (χ1) is 14.1. The Bertz CT molecular complexity index is 1100. The zero-order chi connectivity index (χ0) is 20.4. The number of aromatic nitrogens is 3. The average molecular weight is 393 g/mol. The van der Waals surface area contributed by atoms with Crippen molar-refractivity contribution in [1.29, 1.82) is 0 Å². The Kier molecular flexibility index (Phi) is 5.26. The van der Waals surface area contributed by atoms with Crippen molar-refractivity contribution < 1.29 is 9.53 Å². The number of amides is 1. The maximum Gasteiger partial charge on any atom is 0.256 e. The smallest absolute Gasteiger partial charge is 0.256 e. The molecule has 2 heterocycles. The van der Waals surface area contributed by atoms with Crippen LogP contribution in [-0.2, 0) is 4.74 Å². The lowest BCUT2D eigenvalue weighted by Crippen LogP contribution is -2.25. The van der Waals surface area contributed by atoms with Crippen LogP contribution in [-0.4, -0.2) is 46.7 Å². The van der Waals surface area contributed by atoms with Crippen LogP contribution in [0.3, 0.4) is 0 Å². The molecular formula is C21H23N5O3. The van der Waals surface area contributed by atoms with E-state index >= 15 is 0 Å². The Balaban J connectivity index is 1.72. The van der Waals surface area contributed by atoms with Gasteiger partial charge in [-0.3, -0.25) is 14.2 Å². The minimum Gasteiger partial charge on any atom is -0.383 e. The summed E-state index contributed by atoms with van der Waals surface area (Å²) in [6.45, 7) is 2.96. The third kappa shape index (κ3) is 4.12. The van der Waals surface area contributed by atoms with Gasteiger partial charge in [-0.2, -0.15) is 4.98 Å². The summed E-state index contributed by atoms with van der Waals surface area (Å²) in [5, 5.41) is 6.86. The quantitative estimate of drug-likeness (QED) is 0.596. The van der Waals surface area contributed by atoms with Gasteiger partial charge in [0.1, 0.15) is 0 Å². The highest BCUT2D eigenvalue weighted by Crippen LogP contribution is 2.21. The molecule has 150 valence electrons. The number of carbonyl (C=O) groups excluding carboxylic acids is 1. The molecule has 1 fully saturated rings. The Labute approximate surface area is 167 Å². The Morgan fingerprint density at radius 1 is 1.17 bits per heavy atom. The predicted octanol–water partition coefficient (Wildman–Crippen LogP) is 2.04. The SMILES string of the molecule is COCCNc1nc(C)c2ccc(=O)n(-c3ccc(C(=O)NC4CC4)cc3)c2n1. The van der Waals surface area contributed by atoms with Gasteiger partial charge in [0.15, 0.2) is 5.65 Å². The third-order valence-corrected chi connectivity index (χ3v) is 4.83. The number of benzene rings is 1. The summed E-state index contributed by atoms with van der Waals surface area (Å²) in [6.07, 6.45) is 2.07. The van der Waals surface area contributed by atoms with Crippen LogP contribution in [0.25, 0.3) is 16.7 Å². The molecule has 0 unspecified atom stereocenters. The fraction of sp³-hybridized carbons (Fsp3) is 0.333. The summed E-state index contributed by atoms with van der Waals surface area (Å²) in [4.78, 5) is 33.9. The molecule has 8 nitrogen and oxygen atoms in total. The molecule has 0 aliphatic heterocycles. The van der Waals surface area contributed by atoms with Crippen molar-refractivity contribution in [1.82, 2.24) is 19.9 Å². The number of carbonyl (C=O) groups is 1. The van der Waals surface area contributed by atoms with Crippen LogP contribution < -0.4 is 16.2 Å². The maximum absolute atomic E-state index is 12.7. The van der Waals surface area contributed by atoms with Crippen LogP contribution in [0.2, 0.25) is 0 Å². The number of nitrogens with zero attached hydrogens (tertiary/aromatic N) is 3. The third-order valence-electron chi connectivity index (χ3n) is 4.83. The molecular weight excluding hydrogens is 370 g/mol. The van der Waals surface area contributed by atoms with Gasteiger partial charge in [0.25, 0.3) is 11.5 Å². The van der Waals surface area contributed by atoms with E-state index in [1.807, 2.05) is 6.92 Å². The van der Waals surface area contributed by atoms with Gasteiger partial charge in [-0.05, 0) is 50.1 Å². The molecule has 0 atom stereocenters. The standard InChI is InChI=1S/C21H23N5O3/c1-13-17-9-10-18(27)26(19(17)25-21(23-13)22-11-12-29-2)16-7-3-14(4-8-16)20(28)24-15-5-6-15/h3-4,7-10,15H,5-6,11-12H2,1-2H3,(H,24,28)(H,22,23,25). The van der Waals surface area contributed by atoms with Crippen LogP contribution >= 0.6 is 0 Å². The van der Waals surface area contributed by atoms with Crippen molar-refractivity contribution in [2.24, 2.45) is 0 Å². The molecule has 1 amide bonds. The second-order valence-corrected chi connectivity index (χ2v) is 7.09. The highest BCUT2D eigenvalue weighted by atomic mass is 16.5. The van der Waals surface area contributed by atoms with Gasteiger partial charge >= 0.3 is 0 Å². The van der Waals surface area contributed by atoms with Gasteiger partial charge in [0.05, 0.1) is 18.0 Å². The first kappa shape index (κ1) is 19.1. The topological polar surface area (TPSA) is 98.1 Å². The van der Waals surface area contributed by atoms with Crippen molar-refractivity contribution in [2.75, 3.05) is 25.6 Å². The van der Waals surface area contributed by atoms with E-state index in [9.17, 15) is 9.59 Å². The Morgan fingerprint density at radius 2 is 1.93 bits per heavy atom. The predicted molar refractivity (Wildman–Crippen MR) is 111 cm³/mol. The van der Waals surface area contributed by atoms with Crippen LogP contribution in [0.1, 0.15) is 28.9 Å². The monoisotopic (exact) mass is 393 g/mol. The molecule has 2 aromatic heterocycles. The van der Waals surface area contributed by atoms with E-state index < -0.39 is 0 Å². The van der Waals surface area contributed by atoms with E-state index in [1.54, 1.807) is 37.4 Å². The minimum atomic E-state index is -0.200. The molecule has 0 bridgehead atoms. The molecule has 1 aliphatic rings. The number of hydrogen-bond acceptors (Lipinski definition) is 6. The second kappa shape index (κ2) is 8.00. The summed E-state index contributed by atoms with van der Waals surface area (Å²) in [7, 11) is 1.63. The molecule has 1 saturated carbocycles. The second-order valence-electron chi connectivity index (χ2n) is 7.09. The largest absolute Gasteiger partial charge is 0.383 e. The lowest BCUT2D eigenvalue weighted by molar-refractivity contribution is 0.0951.